The zero-order valence-electron chi connectivity index (χ0n) is 12.9. The predicted octanol–water partition coefficient (Wildman–Crippen LogP) is 3.41. The van der Waals surface area contributed by atoms with Gasteiger partial charge in [0.2, 0.25) is 0 Å². The second-order valence-electron chi connectivity index (χ2n) is 5.21. The Labute approximate surface area is 153 Å². The van der Waals surface area contributed by atoms with Gasteiger partial charge in [-0.05, 0) is 18.2 Å². The minimum Gasteiger partial charge on any atom is -0.475 e. The number of halogens is 2. The molecule has 0 unspecified atom stereocenters. The summed E-state index contributed by atoms with van der Waals surface area (Å²) in [5.41, 5.74) is 0.889. The summed E-state index contributed by atoms with van der Waals surface area (Å²) in [6, 6.07) is 12.2. The SMILES string of the molecule is N#CCC[n+]1c(O)c(C(=O)Nc2c(Cl)cccc2Cl)n2ccccc21. The average molecular weight is 376 g/mol. The Morgan fingerprint density at radius 1 is 1.24 bits per heavy atom. The highest BCUT2D eigenvalue weighted by Crippen LogP contribution is 2.30. The molecule has 1 aromatic carbocycles. The summed E-state index contributed by atoms with van der Waals surface area (Å²) in [6.45, 7) is 0.260. The number of benzene rings is 1. The summed E-state index contributed by atoms with van der Waals surface area (Å²) in [4.78, 5) is 12.8. The van der Waals surface area contributed by atoms with Crippen LogP contribution in [-0.4, -0.2) is 15.4 Å². The number of hydrogen-bond acceptors (Lipinski definition) is 3. The molecule has 0 aliphatic rings. The Balaban J connectivity index is 2.08. The highest BCUT2D eigenvalue weighted by Gasteiger charge is 2.31. The largest absolute Gasteiger partial charge is 0.475 e. The average Bonchev–Trinajstić information content (AvgIpc) is 2.88. The highest BCUT2D eigenvalue weighted by atomic mass is 35.5. The van der Waals surface area contributed by atoms with Crippen molar-refractivity contribution in [2.24, 2.45) is 0 Å². The van der Waals surface area contributed by atoms with Gasteiger partial charge in [0.05, 0.1) is 34.4 Å². The molecular formula is C17H13Cl2N4O2+. The number of anilines is 1. The standard InChI is InChI=1S/C17H12Cl2N4O2/c18-11-5-3-6-12(19)14(11)21-16(24)15-17(25)23(10-4-8-20)13-7-1-2-9-22(13)15/h1-3,5-7,9H,4,10H2,(H-,21,24,25)/p+1. The number of nitrogens with one attached hydrogen (secondary N) is 1. The molecule has 0 saturated heterocycles. The second-order valence-corrected chi connectivity index (χ2v) is 6.03. The van der Waals surface area contributed by atoms with Crippen molar-refractivity contribution < 1.29 is 14.5 Å². The van der Waals surface area contributed by atoms with Gasteiger partial charge in [-0.3, -0.25) is 4.79 Å². The first-order valence-corrected chi connectivity index (χ1v) is 8.14. The number of rotatable bonds is 4. The monoisotopic (exact) mass is 375 g/mol. The van der Waals surface area contributed by atoms with Gasteiger partial charge in [-0.25, -0.2) is 0 Å². The number of nitriles is 1. The molecule has 126 valence electrons. The third kappa shape index (κ3) is 3.12. The molecule has 8 heteroatoms. The Morgan fingerprint density at radius 3 is 2.64 bits per heavy atom. The van der Waals surface area contributed by atoms with Crippen LogP contribution in [0.5, 0.6) is 5.88 Å². The topological polar surface area (TPSA) is 81.4 Å². The Bertz CT molecular complexity index is 988. The number of fused-ring (bicyclic) bond motifs is 1. The molecule has 25 heavy (non-hydrogen) atoms. The molecular weight excluding hydrogens is 363 g/mol. The van der Waals surface area contributed by atoms with E-state index in [0.29, 0.717) is 15.7 Å². The van der Waals surface area contributed by atoms with E-state index in [2.05, 4.69) is 5.32 Å². The fraction of sp³-hybridized carbons (Fsp3) is 0.118. The first-order valence-electron chi connectivity index (χ1n) is 7.38. The number of pyridine rings is 1. The lowest BCUT2D eigenvalue weighted by molar-refractivity contribution is -0.675. The number of hydrogen-bond donors (Lipinski definition) is 2. The maximum absolute atomic E-state index is 12.8. The van der Waals surface area contributed by atoms with Crippen LogP contribution >= 0.6 is 23.2 Å². The Morgan fingerprint density at radius 2 is 1.96 bits per heavy atom. The van der Waals surface area contributed by atoms with Gasteiger partial charge in [0.25, 0.3) is 11.3 Å². The van der Waals surface area contributed by atoms with Crippen LogP contribution < -0.4 is 9.88 Å². The third-order valence-corrected chi connectivity index (χ3v) is 4.32. The number of aromatic hydroxyl groups is 1. The molecule has 1 amide bonds. The van der Waals surface area contributed by atoms with Crippen LogP contribution in [0.3, 0.4) is 0 Å². The van der Waals surface area contributed by atoms with Crippen molar-refractivity contribution in [2.45, 2.75) is 13.0 Å². The lowest BCUT2D eigenvalue weighted by Crippen LogP contribution is -2.33. The van der Waals surface area contributed by atoms with E-state index in [1.54, 1.807) is 47.0 Å². The van der Waals surface area contributed by atoms with E-state index in [0.717, 1.165) is 0 Å². The minimum absolute atomic E-state index is 0.0320. The highest BCUT2D eigenvalue weighted by molar-refractivity contribution is 6.40. The van der Waals surface area contributed by atoms with Gasteiger partial charge in [-0.1, -0.05) is 35.3 Å². The van der Waals surface area contributed by atoms with Gasteiger partial charge in [0, 0.05) is 6.07 Å². The van der Waals surface area contributed by atoms with Gasteiger partial charge in [0.1, 0.15) is 6.54 Å². The molecule has 0 aliphatic heterocycles. The molecule has 3 rings (SSSR count). The van der Waals surface area contributed by atoms with E-state index in [9.17, 15) is 9.90 Å². The lowest BCUT2D eigenvalue weighted by Gasteiger charge is -2.07. The van der Waals surface area contributed by atoms with Gasteiger partial charge >= 0.3 is 11.8 Å². The number of nitrogens with zero attached hydrogens (tertiary/aromatic N) is 3. The van der Waals surface area contributed by atoms with Crippen LogP contribution in [0.2, 0.25) is 10.0 Å². The van der Waals surface area contributed by atoms with Crippen molar-refractivity contribution in [3.8, 4) is 11.9 Å². The first-order chi connectivity index (χ1) is 12.0. The van der Waals surface area contributed by atoms with Crippen LogP contribution in [-0.2, 0) is 6.54 Å². The van der Waals surface area contributed by atoms with E-state index >= 15 is 0 Å². The van der Waals surface area contributed by atoms with Crippen molar-refractivity contribution in [2.75, 3.05) is 5.32 Å². The van der Waals surface area contributed by atoms with Crippen LogP contribution in [0.1, 0.15) is 16.9 Å². The van der Waals surface area contributed by atoms with Gasteiger partial charge < -0.3 is 10.4 Å². The Hall–Kier alpha value is -2.75. The lowest BCUT2D eigenvalue weighted by atomic mass is 10.3. The quantitative estimate of drug-likeness (QED) is 0.685. The minimum atomic E-state index is -0.565. The number of carbonyl (C=O) groups excluding carboxylic acids is 1. The molecule has 0 spiro atoms. The van der Waals surface area contributed by atoms with Crippen molar-refractivity contribution in [3.05, 3.63) is 58.3 Å². The number of carbonyl (C=O) groups is 1. The summed E-state index contributed by atoms with van der Waals surface area (Å²) in [5.74, 6) is -0.800. The van der Waals surface area contributed by atoms with Gasteiger partial charge in [-0.15, -0.1) is 0 Å². The van der Waals surface area contributed by atoms with Crippen LogP contribution in [0.15, 0.2) is 42.6 Å². The zero-order valence-corrected chi connectivity index (χ0v) is 14.4. The maximum Gasteiger partial charge on any atom is 0.337 e. The number of imidazole rings is 1. The summed E-state index contributed by atoms with van der Waals surface area (Å²) in [7, 11) is 0. The van der Waals surface area contributed by atoms with Crippen molar-refractivity contribution in [1.29, 1.82) is 5.26 Å². The smallest absolute Gasteiger partial charge is 0.337 e. The number of aromatic nitrogens is 2. The normalized spacial score (nSPS) is 10.6. The fourth-order valence-corrected chi connectivity index (χ4v) is 3.06. The summed E-state index contributed by atoms with van der Waals surface area (Å²) < 4.78 is 3.05. The van der Waals surface area contributed by atoms with E-state index in [1.807, 2.05) is 6.07 Å². The zero-order chi connectivity index (χ0) is 18.0. The second kappa shape index (κ2) is 7.01. The molecule has 0 aliphatic carbocycles. The fourth-order valence-electron chi connectivity index (χ4n) is 2.57. The molecule has 0 bridgehead atoms. The molecule has 3 aromatic rings. The molecule has 0 fully saturated rings. The number of amides is 1. The van der Waals surface area contributed by atoms with Crippen LogP contribution in [0, 0.1) is 11.3 Å². The number of aryl methyl sites for hydroxylation is 1. The summed E-state index contributed by atoms with van der Waals surface area (Å²) in [6.07, 6.45) is 1.85. The molecule has 0 atom stereocenters. The number of para-hydroxylation sites is 1. The van der Waals surface area contributed by atoms with E-state index in [1.165, 1.54) is 4.57 Å². The molecule has 0 saturated carbocycles. The summed E-state index contributed by atoms with van der Waals surface area (Å²) in [5, 5.41) is 22.6. The molecule has 0 radical (unpaired) electrons. The third-order valence-electron chi connectivity index (χ3n) is 3.69. The Kier molecular flexibility index (Phi) is 4.79. The maximum atomic E-state index is 12.8. The van der Waals surface area contributed by atoms with Crippen molar-refractivity contribution in [3.63, 3.8) is 0 Å². The van der Waals surface area contributed by atoms with Gasteiger partial charge in [0.15, 0.2) is 0 Å². The van der Waals surface area contributed by atoms with E-state index in [4.69, 9.17) is 28.5 Å². The summed E-state index contributed by atoms with van der Waals surface area (Å²) >= 11 is 12.2. The molecule has 6 nitrogen and oxygen atoms in total. The predicted molar refractivity (Wildman–Crippen MR) is 93.9 cm³/mol. The van der Waals surface area contributed by atoms with Crippen molar-refractivity contribution >= 4 is 40.4 Å². The molecule has 2 aromatic heterocycles. The van der Waals surface area contributed by atoms with E-state index in [-0.39, 0.29) is 30.2 Å². The van der Waals surface area contributed by atoms with Crippen molar-refractivity contribution in [1.82, 2.24) is 4.40 Å². The molecule has 2 heterocycles. The van der Waals surface area contributed by atoms with E-state index < -0.39 is 5.91 Å². The van der Waals surface area contributed by atoms with Crippen LogP contribution in [0.25, 0.3) is 5.65 Å². The molecule has 2 N–H and O–H groups in total. The van der Waals surface area contributed by atoms with Gasteiger partial charge in [-0.2, -0.15) is 14.2 Å². The van der Waals surface area contributed by atoms with Crippen LogP contribution in [0.4, 0.5) is 5.69 Å². The first kappa shape index (κ1) is 17.1.